The van der Waals surface area contributed by atoms with Crippen molar-refractivity contribution in [3.63, 3.8) is 0 Å². The van der Waals surface area contributed by atoms with E-state index in [1.807, 2.05) is 0 Å². The second-order valence-corrected chi connectivity index (χ2v) is 9.04. The summed E-state index contributed by atoms with van der Waals surface area (Å²) in [5.74, 6) is -0.305. The van der Waals surface area contributed by atoms with E-state index in [1.165, 1.54) is 42.5 Å². The number of carbonyl (C=O) groups excluding carboxylic acids is 1. The quantitative estimate of drug-likeness (QED) is 0.417. The van der Waals surface area contributed by atoms with Gasteiger partial charge >= 0.3 is 0 Å². The van der Waals surface area contributed by atoms with Gasteiger partial charge in [-0.2, -0.15) is 16.8 Å². The van der Waals surface area contributed by atoms with Gasteiger partial charge < -0.3 is 0 Å². The van der Waals surface area contributed by atoms with Crippen molar-refractivity contribution in [2.24, 2.45) is 0 Å². The molecule has 0 aliphatic carbocycles. The van der Waals surface area contributed by atoms with Crippen LogP contribution in [0.1, 0.15) is 15.9 Å². The number of hydrogen-bond acceptors (Lipinski definition) is 6. The molecule has 0 spiro atoms. The Balaban J connectivity index is 0.00000182. The zero-order valence-corrected chi connectivity index (χ0v) is 20.7. The van der Waals surface area contributed by atoms with Gasteiger partial charge in [-0.15, -0.1) is 0 Å². The second-order valence-electron chi connectivity index (χ2n) is 5.12. The molecule has 2 aromatic rings. The van der Waals surface area contributed by atoms with Crippen LogP contribution in [0.5, 0.6) is 0 Å². The molecule has 0 unspecified atom stereocenters. The van der Waals surface area contributed by atoms with Crippen molar-refractivity contribution in [2.75, 3.05) is 0 Å². The van der Waals surface area contributed by atoms with Gasteiger partial charge in [-0.25, -0.2) is 0 Å². The first-order valence-corrected chi connectivity index (χ1v) is 10.4. The summed E-state index contributed by atoms with van der Waals surface area (Å²) in [4.78, 5) is 12.5. The number of Topliss-reactive ketones (excluding diaryl/α,β-unsaturated/α-hetero) is 1. The summed E-state index contributed by atoms with van der Waals surface area (Å²) >= 11 is 1.05. The Morgan fingerprint density at radius 3 is 1.85 bits per heavy atom. The van der Waals surface area contributed by atoms with Gasteiger partial charge in [-0.3, -0.25) is 13.9 Å². The number of hydrogen-bond donors (Lipinski definition) is 2. The molecule has 0 saturated carbocycles. The largest absolute Gasteiger partial charge is 0.294 e. The molecule has 12 heteroatoms. The maximum absolute atomic E-state index is 12.4. The van der Waals surface area contributed by atoms with Crippen molar-refractivity contribution in [2.45, 2.75) is 14.7 Å². The van der Waals surface area contributed by atoms with Gasteiger partial charge in [0.2, 0.25) is 5.78 Å². The van der Waals surface area contributed by atoms with Crippen molar-refractivity contribution in [1.29, 1.82) is 0 Å². The minimum atomic E-state index is -4.36. The van der Waals surface area contributed by atoms with E-state index < -0.39 is 20.2 Å². The molecule has 0 bridgehead atoms. The van der Waals surface area contributed by atoms with E-state index in [0.717, 1.165) is 17.8 Å². The van der Waals surface area contributed by atoms with Crippen LogP contribution in [0.15, 0.2) is 62.1 Å². The van der Waals surface area contributed by atoms with Gasteiger partial charge in [0.1, 0.15) is 0 Å². The zero-order chi connectivity index (χ0) is 18.4. The molecular formula is C15H10Na2O7S3. The molecule has 1 aliphatic heterocycles. The van der Waals surface area contributed by atoms with Crippen LogP contribution in [0.3, 0.4) is 0 Å². The van der Waals surface area contributed by atoms with Gasteiger partial charge in [0.25, 0.3) is 20.2 Å². The number of carbonyl (C=O) groups is 1. The second kappa shape index (κ2) is 9.23. The summed E-state index contributed by atoms with van der Waals surface area (Å²) in [6.07, 6.45) is 1.52. The molecule has 7 nitrogen and oxygen atoms in total. The van der Waals surface area contributed by atoms with E-state index >= 15 is 0 Å². The third-order valence-electron chi connectivity index (χ3n) is 3.41. The Bertz CT molecular complexity index is 1120. The molecule has 0 saturated heterocycles. The van der Waals surface area contributed by atoms with Crippen molar-refractivity contribution in [1.82, 2.24) is 0 Å². The minimum absolute atomic E-state index is 0. The molecule has 2 N–H and O–H groups in total. The topological polar surface area (TPSA) is 126 Å². The molecule has 0 fully saturated rings. The Hall–Kier alpha value is 0.0200. The third kappa shape index (κ3) is 5.77. The molecule has 0 aromatic heterocycles. The third-order valence-corrected chi connectivity index (χ3v) is 6.21. The van der Waals surface area contributed by atoms with E-state index in [9.17, 15) is 21.6 Å². The predicted octanol–water partition coefficient (Wildman–Crippen LogP) is 1.75. The van der Waals surface area contributed by atoms with E-state index in [1.54, 1.807) is 0 Å². The van der Waals surface area contributed by atoms with E-state index in [2.05, 4.69) is 0 Å². The minimum Gasteiger partial charge on any atom is -0.288 e. The predicted molar refractivity (Wildman–Crippen MR) is 102 cm³/mol. The molecule has 132 valence electrons. The first kappa shape index (κ1) is 25.1. The smallest absolute Gasteiger partial charge is 0.288 e. The summed E-state index contributed by atoms with van der Waals surface area (Å²) in [5, 5.41) is 0. The molecule has 27 heavy (non-hydrogen) atoms. The number of thioether (sulfide) groups is 1. The fraction of sp³-hybridized carbons (Fsp3) is 0. The molecule has 0 atom stereocenters. The number of rotatable bonds is 3. The monoisotopic (exact) mass is 444 g/mol. The SMILES string of the molecule is O=C1C(=Cc2ccc(S(=O)(=O)O)cc2)Sc2cc(S(=O)(=O)O)ccc21.[Na].[Na]. The van der Waals surface area contributed by atoms with E-state index in [-0.39, 0.29) is 74.7 Å². The fourth-order valence-corrected chi connectivity index (χ4v) is 4.37. The average Bonchev–Trinajstić information content (AvgIpc) is 2.82. The van der Waals surface area contributed by atoms with Gasteiger partial charge in [0, 0.05) is 69.6 Å². The van der Waals surface area contributed by atoms with Gasteiger partial charge in [-0.1, -0.05) is 23.9 Å². The maximum Gasteiger partial charge on any atom is 0.294 e. The summed E-state index contributed by atoms with van der Waals surface area (Å²) in [5.41, 5.74) is 0.851. The Labute approximate surface area is 204 Å². The molecule has 1 aliphatic rings. The maximum atomic E-state index is 12.4. The van der Waals surface area contributed by atoms with E-state index in [4.69, 9.17) is 9.11 Å². The summed E-state index contributed by atoms with van der Waals surface area (Å²) in [6.45, 7) is 0. The first-order chi connectivity index (χ1) is 11.6. The fourth-order valence-electron chi connectivity index (χ4n) is 2.22. The van der Waals surface area contributed by atoms with Crippen molar-refractivity contribution in [3.05, 3.63) is 58.5 Å². The summed E-state index contributed by atoms with van der Waals surface area (Å²) < 4.78 is 62.4. The van der Waals surface area contributed by atoms with E-state index in [0.29, 0.717) is 20.9 Å². The molecule has 2 aromatic carbocycles. The van der Waals surface area contributed by atoms with Crippen LogP contribution in [0, 0.1) is 0 Å². The van der Waals surface area contributed by atoms with Crippen LogP contribution in [-0.4, -0.2) is 90.8 Å². The molecular weight excluding hydrogens is 434 g/mol. The standard InChI is InChI=1S/C15H10O7S3.2Na/c16-15-12-6-5-11(25(20,21)22)8-13(12)23-14(15)7-9-1-3-10(4-2-9)24(17,18)19;;/h1-8H,(H,17,18,19)(H,20,21,22);;. The van der Waals surface area contributed by atoms with Crippen LogP contribution in [-0.2, 0) is 20.2 Å². The van der Waals surface area contributed by atoms with Crippen LogP contribution < -0.4 is 0 Å². The normalized spacial score (nSPS) is 15.0. The first-order valence-electron chi connectivity index (χ1n) is 6.69. The molecule has 1 heterocycles. The Morgan fingerprint density at radius 2 is 1.33 bits per heavy atom. The van der Waals surface area contributed by atoms with Crippen molar-refractivity contribution >= 4 is 103 Å². The van der Waals surface area contributed by atoms with Crippen LogP contribution >= 0.6 is 11.8 Å². The number of allylic oxidation sites excluding steroid dienone is 1. The Kier molecular flexibility index (Phi) is 8.56. The molecule has 2 radical (unpaired) electrons. The van der Waals surface area contributed by atoms with Crippen LogP contribution in [0.4, 0.5) is 0 Å². The van der Waals surface area contributed by atoms with Gasteiger partial charge in [0.05, 0.1) is 14.7 Å². The zero-order valence-electron chi connectivity index (χ0n) is 14.3. The van der Waals surface area contributed by atoms with Crippen molar-refractivity contribution < 1.29 is 30.7 Å². The number of benzene rings is 2. The van der Waals surface area contributed by atoms with Crippen LogP contribution in [0.25, 0.3) is 6.08 Å². The molecule has 3 rings (SSSR count). The van der Waals surface area contributed by atoms with Crippen LogP contribution in [0.2, 0.25) is 0 Å². The van der Waals surface area contributed by atoms with Gasteiger partial charge in [-0.05, 0) is 42.0 Å². The summed E-state index contributed by atoms with van der Waals surface area (Å²) in [6, 6.07) is 8.96. The average molecular weight is 444 g/mol. The van der Waals surface area contributed by atoms with Crippen molar-refractivity contribution in [3.8, 4) is 0 Å². The summed E-state index contributed by atoms with van der Waals surface area (Å²) in [7, 11) is -8.66. The number of ketones is 1. The van der Waals surface area contributed by atoms with Gasteiger partial charge in [0.15, 0.2) is 0 Å². The Morgan fingerprint density at radius 1 is 0.815 bits per heavy atom. The number of fused-ring (bicyclic) bond motifs is 1. The molecule has 0 amide bonds.